The molecule has 0 aliphatic carbocycles. The third-order valence-electron chi connectivity index (χ3n) is 3.51. The molecule has 1 heterocycles. The molecule has 1 fully saturated rings. The molecule has 0 aromatic heterocycles. The van der Waals surface area contributed by atoms with Crippen molar-refractivity contribution < 1.29 is 0 Å². The lowest BCUT2D eigenvalue weighted by atomic mass is 10.1. The van der Waals surface area contributed by atoms with Crippen LogP contribution in [0.25, 0.3) is 5.57 Å². The van der Waals surface area contributed by atoms with E-state index in [-0.39, 0.29) is 0 Å². The third-order valence-corrected chi connectivity index (χ3v) is 3.51. The van der Waals surface area contributed by atoms with Gasteiger partial charge in [-0.2, -0.15) is 0 Å². The summed E-state index contributed by atoms with van der Waals surface area (Å²) < 4.78 is 0. The van der Waals surface area contributed by atoms with E-state index >= 15 is 0 Å². The van der Waals surface area contributed by atoms with Gasteiger partial charge in [-0.15, -0.1) is 0 Å². The zero-order valence-corrected chi connectivity index (χ0v) is 10.7. The number of likely N-dealkylation sites (N-methyl/N-ethyl adjacent to an activating group) is 1. The number of hydrogen-bond acceptors (Lipinski definition) is 2. The lowest BCUT2D eigenvalue weighted by Crippen LogP contribution is -2.37. The maximum absolute atomic E-state index is 4.22. The van der Waals surface area contributed by atoms with Crippen molar-refractivity contribution in [1.82, 2.24) is 10.2 Å². The van der Waals surface area contributed by atoms with Crippen LogP contribution in [0.4, 0.5) is 0 Å². The zero-order chi connectivity index (χ0) is 12.1. The van der Waals surface area contributed by atoms with Crippen LogP contribution in [0.1, 0.15) is 18.4 Å². The number of rotatable bonds is 5. The summed E-state index contributed by atoms with van der Waals surface area (Å²) in [5.41, 5.74) is 2.50. The molecule has 17 heavy (non-hydrogen) atoms. The van der Waals surface area contributed by atoms with Crippen LogP contribution in [0.15, 0.2) is 36.9 Å². The zero-order valence-electron chi connectivity index (χ0n) is 10.7. The predicted octanol–water partition coefficient (Wildman–Crippen LogP) is 2.38. The minimum absolute atomic E-state index is 0.681. The van der Waals surface area contributed by atoms with Gasteiger partial charge >= 0.3 is 0 Å². The van der Waals surface area contributed by atoms with Gasteiger partial charge in [0.05, 0.1) is 0 Å². The van der Waals surface area contributed by atoms with Crippen molar-refractivity contribution in [2.75, 3.05) is 26.7 Å². The van der Waals surface area contributed by atoms with Crippen molar-refractivity contribution in [2.24, 2.45) is 0 Å². The average Bonchev–Trinajstić information content (AvgIpc) is 2.78. The molecule has 2 heteroatoms. The molecule has 2 rings (SSSR count). The highest BCUT2D eigenvalue weighted by atomic mass is 15.2. The Labute approximate surface area is 104 Å². The van der Waals surface area contributed by atoms with Crippen LogP contribution >= 0.6 is 0 Å². The summed E-state index contributed by atoms with van der Waals surface area (Å²) in [6.07, 6.45) is 2.62. The van der Waals surface area contributed by atoms with Gasteiger partial charge in [0.15, 0.2) is 0 Å². The fourth-order valence-electron chi connectivity index (χ4n) is 2.58. The first kappa shape index (κ1) is 12.3. The van der Waals surface area contributed by atoms with Crippen LogP contribution in [0.5, 0.6) is 0 Å². The first-order valence-corrected chi connectivity index (χ1v) is 6.43. The Morgan fingerprint density at radius 3 is 2.88 bits per heavy atom. The van der Waals surface area contributed by atoms with Crippen molar-refractivity contribution in [2.45, 2.75) is 18.9 Å². The Balaban J connectivity index is 1.94. The van der Waals surface area contributed by atoms with E-state index in [4.69, 9.17) is 0 Å². The summed E-state index contributed by atoms with van der Waals surface area (Å²) >= 11 is 0. The number of nitrogens with one attached hydrogen (secondary N) is 1. The average molecular weight is 230 g/mol. The highest BCUT2D eigenvalue weighted by Crippen LogP contribution is 2.21. The van der Waals surface area contributed by atoms with E-state index in [0.29, 0.717) is 6.04 Å². The summed E-state index contributed by atoms with van der Waals surface area (Å²) in [5.74, 6) is 0. The molecule has 0 radical (unpaired) electrons. The van der Waals surface area contributed by atoms with Crippen molar-refractivity contribution in [3.05, 3.63) is 42.5 Å². The minimum Gasteiger partial charge on any atom is -0.318 e. The summed E-state index contributed by atoms with van der Waals surface area (Å²) in [6.45, 7) is 7.51. The van der Waals surface area contributed by atoms with Crippen molar-refractivity contribution in [1.29, 1.82) is 0 Å². The van der Waals surface area contributed by atoms with Gasteiger partial charge in [0.1, 0.15) is 0 Å². The Kier molecular flexibility index (Phi) is 4.35. The molecule has 1 aromatic rings. The molecular formula is C15H22N2. The molecule has 1 saturated heterocycles. The van der Waals surface area contributed by atoms with E-state index in [1.165, 1.54) is 30.5 Å². The Bertz CT molecular complexity index is 358. The number of hydrogen-bond donors (Lipinski definition) is 1. The van der Waals surface area contributed by atoms with Gasteiger partial charge in [-0.25, -0.2) is 0 Å². The van der Waals surface area contributed by atoms with Crippen molar-refractivity contribution in [3.63, 3.8) is 0 Å². The first-order chi connectivity index (χ1) is 8.31. The van der Waals surface area contributed by atoms with Gasteiger partial charge in [-0.1, -0.05) is 36.9 Å². The van der Waals surface area contributed by atoms with E-state index in [1.54, 1.807) is 0 Å². The Morgan fingerprint density at radius 1 is 1.41 bits per heavy atom. The van der Waals surface area contributed by atoms with Gasteiger partial charge in [0.2, 0.25) is 0 Å². The van der Waals surface area contributed by atoms with Crippen LogP contribution in [0.2, 0.25) is 0 Å². The van der Waals surface area contributed by atoms with Crippen LogP contribution in [-0.4, -0.2) is 37.6 Å². The maximum Gasteiger partial charge on any atom is 0.0237 e. The molecule has 1 atom stereocenters. The van der Waals surface area contributed by atoms with Crippen molar-refractivity contribution >= 4 is 5.57 Å². The monoisotopic (exact) mass is 230 g/mol. The third kappa shape index (κ3) is 3.18. The van der Waals surface area contributed by atoms with Crippen LogP contribution < -0.4 is 5.32 Å². The highest BCUT2D eigenvalue weighted by Gasteiger charge is 2.23. The van der Waals surface area contributed by atoms with E-state index < -0.39 is 0 Å². The normalized spacial score (nSPS) is 20.6. The second kappa shape index (κ2) is 5.99. The van der Waals surface area contributed by atoms with Gasteiger partial charge in [0, 0.05) is 19.1 Å². The van der Waals surface area contributed by atoms with Gasteiger partial charge in [0.25, 0.3) is 0 Å². The topological polar surface area (TPSA) is 15.3 Å². The molecule has 0 bridgehead atoms. The smallest absolute Gasteiger partial charge is 0.0237 e. The van der Waals surface area contributed by atoms with Gasteiger partial charge < -0.3 is 5.32 Å². The molecule has 0 saturated carbocycles. The lowest BCUT2D eigenvalue weighted by Gasteiger charge is -2.25. The molecule has 92 valence electrons. The summed E-state index contributed by atoms with van der Waals surface area (Å²) in [6, 6.07) is 11.2. The quantitative estimate of drug-likeness (QED) is 0.835. The number of likely N-dealkylation sites (tertiary alicyclic amines) is 1. The van der Waals surface area contributed by atoms with E-state index in [9.17, 15) is 0 Å². The molecule has 1 aliphatic heterocycles. The van der Waals surface area contributed by atoms with E-state index in [2.05, 4.69) is 47.1 Å². The summed E-state index contributed by atoms with van der Waals surface area (Å²) in [4.78, 5) is 2.55. The Morgan fingerprint density at radius 2 is 2.18 bits per heavy atom. The molecule has 0 spiro atoms. The number of nitrogens with zero attached hydrogens (tertiary/aromatic N) is 1. The standard InChI is InChI=1S/C15H22N2/c1-13(14-7-4-3-5-8-14)12-17-10-6-9-15(17)11-16-2/h3-5,7-8,15-16H,1,6,9-12H2,2H3. The molecule has 1 aromatic carbocycles. The molecule has 0 amide bonds. The van der Waals surface area contributed by atoms with Crippen LogP contribution in [-0.2, 0) is 0 Å². The molecule has 1 N–H and O–H groups in total. The summed E-state index contributed by atoms with van der Waals surface area (Å²) in [7, 11) is 2.03. The van der Waals surface area contributed by atoms with E-state index in [0.717, 1.165) is 13.1 Å². The second-order valence-electron chi connectivity index (χ2n) is 4.79. The minimum atomic E-state index is 0.681. The van der Waals surface area contributed by atoms with Crippen molar-refractivity contribution in [3.8, 4) is 0 Å². The molecular weight excluding hydrogens is 208 g/mol. The first-order valence-electron chi connectivity index (χ1n) is 6.43. The largest absolute Gasteiger partial charge is 0.318 e. The van der Waals surface area contributed by atoms with Gasteiger partial charge in [-0.3, -0.25) is 4.90 Å². The van der Waals surface area contributed by atoms with Gasteiger partial charge in [-0.05, 0) is 37.6 Å². The van der Waals surface area contributed by atoms with E-state index in [1.807, 2.05) is 7.05 Å². The lowest BCUT2D eigenvalue weighted by molar-refractivity contribution is 0.281. The Hall–Kier alpha value is -1.12. The second-order valence-corrected chi connectivity index (χ2v) is 4.79. The molecule has 1 aliphatic rings. The highest BCUT2D eigenvalue weighted by molar-refractivity contribution is 5.64. The SMILES string of the molecule is C=C(CN1CCCC1CNC)c1ccccc1. The maximum atomic E-state index is 4.22. The predicted molar refractivity (Wildman–Crippen MR) is 74.0 cm³/mol. The molecule has 2 nitrogen and oxygen atoms in total. The fourth-order valence-corrected chi connectivity index (χ4v) is 2.58. The molecule has 1 unspecified atom stereocenters. The summed E-state index contributed by atoms with van der Waals surface area (Å²) in [5, 5.41) is 3.28. The fraction of sp³-hybridized carbons (Fsp3) is 0.467. The van der Waals surface area contributed by atoms with Crippen LogP contribution in [0, 0.1) is 0 Å². The van der Waals surface area contributed by atoms with Crippen LogP contribution in [0.3, 0.4) is 0 Å². The number of benzene rings is 1.